The Morgan fingerprint density at radius 2 is 1.62 bits per heavy atom. The number of nitrogens with zero attached hydrogens (tertiary/aromatic N) is 2. The van der Waals surface area contributed by atoms with Crippen LogP contribution in [0.5, 0.6) is 0 Å². The molecule has 0 spiro atoms. The van der Waals surface area contributed by atoms with Gasteiger partial charge in [-0.3, -0.25) is 4.79 Å². The first-order valence-corrected chi connectivity index (χ1v) is 11.1. The molecule has 8 nitrogen and oxygen atoms in total. The van der Waals surface area contributed by atoms with Crippen LogP contribution in [-0.4, -0.2) is 84.7 Å². The highest BCUT2D eigenvalue weighted by Gasteiger charge is 2.26. The van der Waals surface area contributed by atoms with Crippen molar-refractivity contribution < 1.29 is 24.6 Å². The Balaban J connectivity index is 0.000000751. The molecule has 2 rings (SSSR count). The lowest BCUT2D eigenvalue weighted by Crippen LogP contribution is -2.45. The molecule has 0 radical (unpaired) electrons. The van der Waals surface area contributed by atoms with E-state index in [0.717, 1.165) is 52.0 Å². The van der Waals surface area contributed by atoms with Crippen molar-refractivity contribution in [2.75, 3.05) is 46.8 Å². The van der Waals surface area contributed by atoms with E-state index in [0.29, 0.717) is 0 Å². The summed E-state index contributed by atoms with van der Waals surface area (Å²) < 4.78 is 0. The third kappa shape index (κ3) is 11.8. The molecule has 0 atom stereocenters. The van der Waals surface area contributed by atoms with Gasteiger partial charge in [0.1, 0.15) is 0 Å². The summed E-state index contributed by atoms with van der Waals surface area (Å²) >= 11 is 0. The second kappa shape index (κ2) is 13.9. The number of carbonyl (C=O) groups excluding carboxylic acids is 1. The first-order valence-electron chi connectivity index (χ1n) is 11.1. The highest BCUT2D eigenvalue weighted by Crippen LogP contribution is 2.19. The van der Waals surface area contributed by atoms with E-state index in [1.807, 2.05) is 0 Å². The fourth-order valence-corrected chi connectivity index (χ4v) is 3.95. The molecule has 1 saturated heterocycles. The zero-order valence-electron chi connectivity index (χ0n) is 19.8. The highest BCUT2D eigenvalue weighted by atomic mass is 16.4. The zero-order valence-corrected chi connectivity index (χ0v) is 19.8. The quantitative estimate of drug-likeness (QED) is 0.496. The van der Waals surface area contributed by atoms with Crippen molar-refractivity contribution >= 4 is 17.8 Å². The van der Waals surface area contributed by atoms with E-state index in [9.17, 15) is 4.79 Å². The standard InChI is InChI=1S/C22H37N3O.C2H2O4/c1-22(2,18-24(3)4)17-23-21(26)20-12-15-25(16-13-20)14-8-11-19-9-6-5-7-10-19;3-1(4)2(5)6/h5-7,9-10,20H,8,11-18H2,1-4H3,(H,23,26);(H,3,4)(H,5,6). The number of hydrogen-bond acceptors (Lipinski definition) is 5. The number of carboxylic acid groups (broad SMARTS) is 2. The molecule has 1 aromatic rings. The minimum atomic E-state index is -1.82. The summed E-state index contributed by atoms with van der Waals surface area (Å²) in [4.78, 5) is 35.4. The average Bonchev–Trinajstić information content (AvgIpc) is 2.73. The number of hydrogen-bond donors (Lipinski definition) is 3. The molecule has 32 heavy (non-hydrogen) atoms. The van der Waals surface area contributed by atoms with E-state index in [1.165, 1.54) is 12.0 Å². The molecule has 0 saturated carbocycles. The molecule has 3 N–H and O–H groups in total. The minimum Gasteiger partial charge on any atom is -0.473 e. The number of aryl methyl sites for hydroxylation is 1. The predicted molar refractivity (Wildman–Crippen MR) is 125 cm³/mol. The van der Waals surface area contributed by atoms with E-state index < -0.39 is 11.9 Å². The van der Waals surface area contributed by atoms with Gasteiger partial charge in [0.15, 0.2) is 0 Å². The largest absolute Gasteiger partial charge is 0.473 e. The monoisotopic (exact) mass is 449 g/mol. The summed E-state index contributed by atoms with van der Waals surface area (Å²) in [5.74, 6) is -3.21. The van der Waals surface area contributed by atoms with Gasteiger partial charge in [-0.25, -0.2) is 9.59 Å². The minimum absolute atomic E-state index is 0.108. The van der Waals surface area contributed by atoms with E-state index in [1.54, 1.807) is 0 Å². The molecule has 180 valence electrons. The van der Waals surface area contributed by atoms with Gasteiger partial charge < -0.3 is 25.3 Å². The van der Waals surface area contributed by atoms with Crippen molar-refractivity contribution in [2.24, 2.45) is 11.3 Å². The van der Waals surface area contributed by atoms with Crippen LogP contribution in [-0.2, 0) is 20.8 Å². The third-order valence-electron chi connectivity index (χ3n) is 5.41. The molecule has 0 unspecified atom stereocenters. The summed E-state index contributed by atoms with van der Waals surface area (Å²) in [6.07, 6.45) is 4.32. The van der Waals surface area contributed by atoms with E-state index in [4.69, 9.17) is 19.8 Å². The molecule has 0 aliphatic carbocycles. The Morgan fingerprint density at radius 3 is 2.12 bits per heavy atom. The van der Waals surface area contributed by atoms with E-state index in [-0.39, 0.29) is 17.2 Å². The van der Waals surface area contributed by atoms with Crippen molar-refractivity contribution in [2.45, 2.75) is 39.5 Å². The van der Waals surface area contributed by atoms with Crippen molar-refractivity contribution in [3.63, 3.8) is 0 Å². The lowest BCUT2D eigenvalue weighted by atomic mass is 9.91. The molecule has 1 aliphatic heterocycles. The molecular weight excluding hydrogens is 410 g/mol. The maximum atomic E-state index is 12.5. The van der Waals surface area contributed by atoms with Crippen molar-refractivity contribution in [3.05, 3.63) is 35.9 Å². The number of carbonyl (C=O) groups is 3. The van der Waals surface area contributed by atoms with Crippen LogP contribution in [0.15, 0.2) is 30.3 Å². The van der Waals surface area contributed by atoms with Crippen LogP contribution in [0.1, 0.15) is 38.7 Å². The van der Waals surface area contributed by atoms with Crippen molar-refractivity contribution in [3.8, 4) is 0 Å². The van der Waals surface area contributed by atoms with Gasteiger partial charge in [0, 0.05) is 19.0 Å². The zero-order chi connectivity index (χ0) is 24.1. The maximum absolute atomic E-state index is 12.5. The van der Waals surface area contributed by atoms with Gasteiger partial charge in [-0.15, -0.1) is 0 Å². The number of rotatable bonds is 9. The summed E-state index contributed by atoms with van der Waals surface area (Å²) in [5, 5.41) is 18.0. The van der Waals surface area contributed by atoms with E-state index >= 15 is 0 Å². The number of benzene rings is 1. The summed E-state index contributed by atoms with van der Waals surface area (Å²) in [6.45, 7) is 9.39. The van der Waals surface area contributed by atoms with Crippen LogP contribution in [0.4, 0.5) is 0 Å². The van der Waals surface area contributed by atoms with Gasteiger partial charge in [-0.05, 0) is 70.4 Å². The van der Waals surface area contributed by atoms with Gasteiger partial charge >= 0.3 is 11.9 Å². The van der Waals surface area contributed by atoms with Gasteiger partial charge in [0.05, 0.1) is 0 Å². The second-order valence-electron chi connectivity index (χ2n) is 9.44. The van der Waals surface area contributed by atoms with Gasteiger partial charge in [-0.2, -0.15) is 0 Å². The lowest BCUT2D eigenvalue weighted by molar-refractivity contribution is -0.159. The fourth-order valence-electron chi connectivity index (χ4n) is 3.95. The molecule has 1 amide bonds. The van der Waals surface area contributed by atoms with Crippen LogP contribution in [0.2, 0.25) is 0 Å². The number of carboxylic acids is 2. The molecule has 8 heteroatoms. The first-order chi connectivity index (χ1) is 15.0. The van der Waals surface area contributed by atoms with Crippen molar-refractivity contribution in [1.29, 1.82) is 0 Å². The highest BCUT2D eigenvalue weighted by molar-refractivity contribution is 6.27. The number of nitrogens with one attached hydrogen (secondary N) is 1. The first kappa shape index (κ1) is 27.6. The molecule has 1 heterocycles. The Kier molecular flexibility index (Phi) is 11.9. The summed E-state index contributed by atoms with van der Waals surface area (Å²) in [5.41, 5.74) is 1.53. The van der Waals surface area contributed by atoms with Gasteiger partial charge in [-0.1, -0.05) is 44.2 Å². The number of aliphatic carboxylic acids is 2. The Labute approximate surface area is 191 Å². The topological polar surface area (TPSA) is 110 Å². The van der Waals surface area contributed by atoms with Crippen molar-refractivity contribution in [1.82, 2.24) is 15.1 Å². The SMILES string of the molecule is CN(C)CC(C)(C)CNC(=O)C1CCN(CCCc2ccccc2)CC1.O=C(O)C(=O)O. The number of likely N-dealkylation sites (tertiary alicyclic amines) is 1. The fraction of sp³-hybridized carbons (Fsp3) is 0.625. The molecule has 1 aliphatic rings. The molecule has 0 aromatic heterocycles. The smallest absolute Gasteiger partial charge is 0.414 e. The summed E-state index contributed by atoms with van der Waals surface area (Å²) in [7, 11) is 4.16. The normalized spacial score (nSPS) is 15.0. The van der Waals surface area contributed by atoms with E-state index in [2.05, 4.69) is 73.4 Å². The van der Waals surface area contributed by atoms with Gasteiger partial charge in [0.2, 0.25) is 5.91 Å². The third-order valence-corrected chi connectivity index (χ3v) is 5.41. The molecule has 0 bridgehead atoms. The van der Waals surface area contributed by atoms with Crippen LogP contribution in [0.3, 0.4) is 0 Å². The molecule has 1 aromatic carbocycles. The average molecular weight is 450 g/mol. The molecule has 1 fully saturated rings. The van der Waals surface area contributed by atoms with Crippen LogP contribution in [0, 0.1) is 11.3 Å². The van der Waals surface area contributed by atoms with Crippen LogP contribution in [0.25, 0.3) is 0 Å². The Bertz CT molecular complexity index is 702. The maximum Gasteiger partial charge on any atom is 0.414 e. The lowest BCUT2D eigenvalue weighted by Gasteiger charge is -2.33. The van der Waals surface area contributed by atoms with Crippen LogP contribution >= 0.6 is 0 Å². The predicted octanol–water partition coefficient (Wildman–Crippen LogP) is 2.19. The second-order valence-corrected chi connectivity index (χ2v) is 9.44. The Morgan fingerprint density at radius 1 is 1.06 bits per heavy atom. The van der Waals surface area contributed by atoms with Gasteiger partial charge in [0.25, 0.3) is 0 Å². The number of piperidine rings is 1. The number of amides is 1. The van der Waals surface area contributed by atoms with Crippen LogP contribution < -0.4 is 5.32 Å². The summed E-state index contributed by atoms with van der Waals surface area (Å²) in [6, 6.07) is 10.7. The molecular formula is C24H39N3O5. The Hall–Kier alpha value is -2.45.